The van der Waals surface area contributed by atoms with Gasteiger partial charge >= 0.3 is 0 Å². The standard InChI is InChI=1S/C15H32N2O5/c1-2-8-19-9-5-17-6-11-21-13-15-22-14-12-20-10-4-16-3-7-18/h5,16,18H,2-4,6-15H2,1H3. The Morgan fingerprint density at radius 2 is 1.55 bits per heavy atom. The van der Waals surface area contributed by atoms with Gasteiger partial charge in [-0.15, -0.1) is 0 Å². The molecule has 0 aliphatic rings. The lowest BCUT2D eigenvalue weighted by Crippen LogP contribution is -2.23. The third kappa shape index (κ3) is 19.4. The number of nitrogens with zero attached hydrogens (tertiary/aromatic N) is 1. The van der Waals surface area contributed by atoms with Gasteiger partial charge in [0.25, 0.3) is 0 Å². The fourth-order valence-corrected chi connectivity index (χ4v) is 1.43. The monoisotopic (exact) mass is 320 g/mol. The van der Waals surface area contributed by atoms with Crippen LogP contribution in [0.4, 0.5) is 0 Å². The molecule has 0 aliphatic carbocycles. The van der Waals surface area contributed by atoms with E-state index in [4.69, 9.17) is 24.1 Å². The average Bonchev–Trinajstić information content (AvgIpc) is 2.54. The first-order valence-electron chi connectivity index (χ1n) is 8.02. The van der Waals surface area contributed by atoms with E-state index in [9.17, 15) is 0 Å². The third-order valence-corrected chi connectivity index (χ3v) is 2.49. The van der Waals surface area contributed by atoms with Crippen LogP contribution in [0.5, 0.6) is 0 Å². The van der Waals surface area contributed by atoms with Crippen LogP contribution in [0.15, 0.2) is 4.99 Å². The summed E-state index contributed by atoms with van der Waals surface area (Å²) in [6, 6.07) is 0. The first-order valence-corrected chi connectivity index (χ1v) is 8.02. The summed E-state index contributed by atoms with van der Waals surface area (Å²) in [7, 11) is 0. The summed E-state index contributed by atoms with van der Waals surface area (Å²) in [5, 5.41) is 11.6. The molecule has 132 valence electrons. The van der Waals surface area contributed by atoms with Crippen molar-refractivity contribution in [3.05, 3.63) is 0 Å². The maximum atomic E-state index is 8.55. The van der Waals surface area contributed by atoms with Crippen LogP contribution in [0.25, 0.3) is 0 Å². The molecule has 0 fully saturated rings. The van der Waals surface area contributed by atoms with E-state index < -0.39 is 0 Å². The maximum Gasteiger partial charge on any atom is 0.0814 e. The molecule has 0 aromatic rings. The smallest absolute Gasteiger partial charge is 0.0814 e. The normalized spacial score (nSPS) is 11.5. The Morgan fingerprint density at radius 3 is 2.23 bits per heavy atom. The minimum Gasteiger partial charge on any atom is -0.395 e. The van der Waals surface area contributed by atoms with E-state index in [-0.39, 0.29) is 6.61 Å². The fraction of sp³-hybridized carbons (Fsp3) is 0.933. The van der Waals surface area contributed by atoms with Crippen LogP contribution in [0.1, 0.15) is 13.3 Å². The van der Waals surface area contributed by atoms with Gasteiger partial charge in [0.15, 0.2) is 0 Å². The van der Waals surface area contributed by atoms with Gasteiger partial charge in [-0.25, -0.2) is 0 Å². The summed E-state index contributed by atoms with van der Waals surface area (Å²) in [5.74, 6) is 0. The highest BCUT2D eigenvalue weighted by Crippen LogP contribution is 1.82. The topological polar surface area (TPSA) is 81.5 Å². The van der Waals surface area contributed by atoms with Crippen LogP contribution >= 0.6 is 0 Å². The van der Waals surface area contributed by atoms with Crippen molar-refractivity contribution < 1.29 is 24.1 Å². The second kappa shape index (κ2) is 20.4. The van der Waals surface area contributed by atoms with E-state index in [1.807, 2.05) is 0 Å². The van der Waals surface area contributed by atoms with Gasteiger partial charge in [-0.1, -0.05) is 6.92 Å². The number of aliphatic hydroxyl groups is 1. The number of aliphatic imine (C=N–C) groups is 1. The summed E-state index contributed by atoms with van der Waals surface area (Å²) in [5.41, 5.74) is 0. The highest BCUT2D eigenvalue weighted by Gasteiger charge is 1.91. The minimum atomic E-state index is 0.154. The highest BCUT2D eigenvalue weighted by molar-refractivity contribution is 5.58. The van der Waals surface area contributed by atoms with Gasteiger partial charge in [-0.3, -0.25) is 4.99 Å². The van der Waals surface area contributed by atoms with E-state index >= 15 is 0 Å². The van der Waals surface area contributed by atoms with E-state index in [0.29, 0.717) is 59.3 Å². The van der Waals surface area contributed by atoms with Crippen molar-refractivity contribution in [2.24, 2.45) is 4.99 Å². The molecule has 2 N–H and O–H groups in total. The predicted molar refractivity (Wildman–Crippen MR) is 86.9 cm³/mol. The van der Waals surface area contributed by atoms with Crippen molar-refractivity contribution in [1.82, 2.24) is 5.32 Å². The molecule has 0 bridgehead atoms. The molecular weight excluding hydrogens is 288 g/mol. The van der Waals surface area contributed by atoms with Crippen molar-refractivity contribution in [2.75, 3.05) is 79.1 Å². The second-order valence-electron chi connectivity index (χ2n) is 4.47. The summed E-state index contributed by atoms with van der Waals surface area (Å²) < 4.78 is 21.3. The van der Waals surface area contributed by atoms with Gasteiger partial charge < -0.3 is 29.4 Å². The van der Waals surface area contributed by atoms with Crippen LogP contribution in [0.3, 0.4) is 0 Å². The molecule has 0 aromatic heterocycles. The Bertz CT molecular complexity index is 230. The molecular formula is C15H32N2O5. The first kappa shape index (κ1) is 21.4. The first-order chi connectivity index (χ1) is 10.9. The lowest BCUT2D eigenvalue weighted by Gasteiger charge is -2.06. The zero-order chi connectivity index (χ0) is 16.1. The van der Waals surface area contributed by atoms with E-state index in [0.717, 1.165) is 19.6 Å². The number of aliphatic hydroxyl groups excluding tert-OH is 1. The number of rotatable bonds is 18. The van der Waals surface area contributed by atoms with Gasteiger partial charge in [0.1, 0.15) is 0 Å². The van der Waals surface area contributed by atoms with Crippen molar-refractivity contribution in [2.45, 2.75) is 13.3 Å². The van der Waals surface area contributed by atoms with Gasteiger partial charge in [0.05, 0.1) is 59.4 Å². The van der Waals surface area contributed by atoms with Crippen LogP contribution in [-0.2, 0) is 18.9 Å². The van der Waals surface area contributed by atoms with Crippen molar-refractivity contribution in [3.63, 3.8) is 0 Å². The Labute approximate surface area is 134 Å². The zero-order valence-corrected chi connectivity index (χ0v) is 13.8. The van der Waals surface area contributed by atoms with Crippen molar-refractivity contribution in [3.8, 4) is 0 Å². The summed E-state index contributed by atoms with van der Waals surface area (Å²) in [4.78, 5) is 4.17. The van der Waals surface area contributed by atoms with Crippen LogP contribution in [0, 0.1) is 0 Å². The molecule has 0 aliphatic heterocycles. The lowest BCUT2D eigenvalue weighted by atomic mass is 10.5. The maximum absolute atomic E-state index is 8.55. The molecule has 0 amide bonds. The lowest BCUT2D eigenvalue weighted by molar-refractivity contribution is 0.0166. The number of nitrogens with one attached hydrogen (secondary N) is 1. The van der Waals surface area contributed by atoms with Crippen LogP contribution in [-0.4, -0.2) is 90.4 Å². The second-order valence-corrected chi connectivity index (χ2v) is 4.47. The molecule has 0 saturated carbocycles. The summed E-state index contributed by atoms with van der Waals surface area (Å²) >= 11 is 0. The van der Waals surface area contributed by atoms with Gasteiger partial charge in [0.2, 0.25) is 0 Å². The van der Waals surface area contributed by atoms with E-state index in [1.54, 1.807) is 6.21 Å². The molecule has 0 atom stereocenters. The number of ether oxygens (including phenoxy) is 4. The largest absolute Gasteiger partial charge is 0.395 e. The van der Waals surface area contributed by atoms with Crippen molar-refractivity contribution in [1.29, 1.82) is 0 Å². The molecule has 22 heavy (non-hydrogen) atoms. The molecule has 0 saturated heterocycles. The summed E-state index contributed by atoms with van der Waals surface area (Å²) in [6.45, 7) is 9.08. The van der Waals surface area contributed by atoms with Gasteiger partial charge in [-0.05, 0) is 6.42 Å². The molecule has 0 spiro atoms. The Kier molecular flexibility index (Phi) is 19.9. The molecule has 0 unspecified atom stereocenters. The van der Waals surface area contributed by atoms with E-state index in [1.165, 1.54) is 0 Å². The SMILES string of the molecule is CCCOCC=NCCOCCOCCOCCNCCO. The molecule has 7 heteroatoms. The van der Waals surface area contributed by atoms with Gasteiger partial charge in [-0.2, -0.15) is 0 Å². The van der Waals surface area contributed by atoms with Crippen LogP contribution < -0.4 is 5.32 Å². The van der Waals surface area contributed by atoms with Crippen molar-refractivity contribution >= 4 is 6.21 Å². The zero-order valence-electron chi connectivity index (χ0n) is 13.8. The van der Waals surface area contributed by atoms with Crippen LogP contribution in [0.2, 0.25) is 0 Å². The van der Waals surface area contributed by atoms with Gasteiger partial charge in [0, 0.05) is 25.9 Å². The quantitative estimate of drug-likeness (QED) is 0.276. The fourth-order valence-electron chi connectivity index (χ4n) is 1.43. The highest BCUT2D eigenvalue weighted by atomic mass is 16.5. The Morgan fingerprint density at radius 1 is 0.864 bits per heavy atom. The summed E-state index contributed by atoms with van der Waals surface area (Å²) in [6.07, 6.45) is 2.81. The predicted octanol–water partition coefficient (Wildman–Crippen LogP) is 0.116. The molecule has 7 nitrogen and oxygen atoms in total. The minimum absolute atomic E-state index is 0.154. The Balaban J connectivity index is 2.99. The van der Waals surface area contributed by atoms with E-state index in [2.05, 4.69) is 17.2 Å². The molecule has 0 aromatic carbocycles. The number of hydrogen-bond acceptors (Lipinski definition) is 7. The molecule has 0 rings (SSSR count). The molecule has 0 heterocycles. The Hall–Kier alpha value is -0.570. The number of hydrogen-bond donors (Lipinski definition) is 2. The molecule has 0 radical (unpaired) electrons. The average molecular weight is 320 g/mol. The third-order valence-electron chi connectivity index (χ3n) is 2.49.